The summed E-state index contributed by atoms with van der Waals surface area (Å²) >= 11 is 2.34. The molecular formula is C20H16IN. The Morgan fingerprint density at radius 1 is 0.955 bits per heavy atom. The minimum absolute atomic E-state index is 1.01. The van der Waals surface area contributed by atoms with Crippen LogP contribution in [0.4, 0.5) is 0 Å². The smallest absolute Gasteiger partial charge is 0.0450 e. The van der Waals surface area contributed by atoms with E-state index in [-0.39, 0.29) is 0 Å². The molecule has 3 aromatic rings. The van der Waals surface area contributed by atoms with E-state index in [1.54, 1.807) is 0 Å². The molecule has 1 nitrogen and oxygen atoms in total. The van der Waals surface area contributed by atoms with Crippen molar-refractivity contribution in [2.24, 2.45) is 0 Å². The standard InChI is InChI=1S/C20H16IN/c1-14(20-7-4-12-22-15(20)2)16-8-10-17(11-9-16)18-5-3-6-19(21)13-18/h3-13H,1H2,2H3. The number of hydrogen-bond donors (Lipinski definition) is 0. The minimum Gasteiger partial charge on any atom is -0.261 e. The first-order chi connectivity index (χ1) is 10.6. The van der Waals surface area contributed by atoms with Gasteiger partial charge < -0.3 is 0 Å². The Bertz CT molecular complexity index is 819. The van der Waals surface area contributed by atoms with E-state index in [0.717, 1.165) is 22.4 Å². The quantitative estimate of drug-likeness (QED) is 0.515. The van der Waals surface area contributed by atoms with Crippen LogP contribution in [0, 0.1) is 10.5 Å². The van der Waals surface area contributed by atoms with Gasteiger partial charge in [-0.1, -0.05) is 49.0 Å². The Balaban J connectivity index is 1.92. The normalized spacial score (nSPS) is 10.5. The Labute approximate surface area is 144 Å². The van der Waals surface area contributed by atoms with Crippen molar-refractivity contribution in [3.8, 4) is 11.1 Å². The summed E-state index contributed by atoms with van der Waals surface area (Å²) in [5, 5.41) is 0. The van der Waals surface area contributed by atoms with E-state index in [9.17, 15) is 0 Å². The van der Waals surface area contributed by atoms with Gasteiger partial charge in [-0.3, -0.25) is 4.98 Å². The highest BCUT2D eigenvalue weighted by Gasteiger charge is 2.06. The first kappa shape index (κ1) is 15.0. The average molecular weight is 397 g/mol. The summed E-state index contributed by atoms with van der Waals surface area (Å²) in [5.74, 6) is 0. The van der Waals surface area contributed by atoms with Crippen molar-refractivity contribution in [2.75, 3.05) is 0 Å². The molecule has 0 aliphatic heterocycles. The first-order valence-corrected chi connectivity index (χ1v) is 8.20. The summed E-state index contributed by atoms with van der Waals surface area (Å²) < 4.78 is 1.24. The molecule has 0 aliphatic rings. The molecule has 0 atom stereocenters. The average Bonchev–Trinajstić information content (AvgIpc) is 2.55. The highest BCUT2D eigenvalue weighted by Crippen LogP contribution is 2.27. The molecule has 0 radical (unpaired) electrons. The van der Waals surface area contributed by atoms with Crippen LogP contribution in [0.3, 0.4) is 0 Å². The molecule has 0 aliphatic carbocycles. The highest BCUT2D eigenvalue weighted by molar-refractivity contribution is 14.1. The number of aryl methyl sites for hydroxylation is 1. The molecule has 0 unspecified atom stereocenters. The molecule has 3 rings (SSSR count). The van der Waals surface area contributed by atoms with Gasteiger partial charge in [0, 0.05) is 21.0 Å². The number of hydrogen-bond acceptors (Lipinski definition) is 1. The number of pyridine rings is 1. The summed E-state index contributed by atoms with van der Waals surface area (Å²) in [5.41, 5.74) is 6.71. The van der Waals surface area contributed by atoms with Crippen molar-refractivity contribution < 1.29 is 0 Å². The fourth-order valence-corrected chi connectivity index (χ4v) is 3.03. The van der Waals surface area contributed by atoms with Crippen LogP contribution < -0.4 is 0 Å². The molecule has 0 bridgehead atoms. The lowest BCUT2D eigenvalue weighted by molar-refractivity contribution is 1.18. The summed E-state index contributed by atoms with van der Waals surface area (Å²) in [7, 11) is 0. The van der Waals surface area contributed by atoms with Gasteiger partial charge in [-0.05, 0) is 70.0 Å². The highest BCUT2D eigenvalue weighted by atomic mass is 127. The van der Waals surface area contributed by atoms with Crippen LogP contribution in [-0.2, 0) is 0 Å². The van der Waals surface area contributed by atoms with Crippen LogP contribution in [0.5, 0.6) is 0 Å². The number of halogens is 1. The third kappa shape index (κ3) is 3.12. The molecule has 0 N–H and O–H groups in total. The molecule has 1 aromatic heterocycles. The third-order valence-corrected chi connectivity index (χ3v) is 4.39. The SMILES string of the molecule is C=C(c1ccc(-c2cccc(I)c2)cc1)c1cccnc1C. The van der Waals surface area contributed by atoms with E-state index >= 15 is 0 Å². The van der Waals surface area contributed by atoms with Crippen LogP contribution in [0.25, 0.3) is 16.7 Å². The lowest BCUT2D eigenvalue weighted by Crippen LogP contribution is -1.92. The van der Waals surface area contributed by atoms with Crippen LogP contribution in [0.15, 0.2) is 73.4 Å². The second kappa shape index (κ2) is 6.44. The van der Waals surface area contributed by atoms with Crippen molar-refractivity contribution in [2.45, 2.75) is 6.92 Å². The van der Waals surface area contributed by atoms with Gasteiger partial charge in [-0.15, -0.1) is 0 Å². The topological polar surface area (TPSA) is 12.9 Å². The fourth-order valence-electron chi connectivity index (χ4n) is 2.49. The van der Waals surface area contributed by atoms with Crippen LogP contribution in [0.1, 0.15) is 16.8 Å². The maximum Gasteiger partial charge on any atom is 0.0450 e. The lowest BCUT2D eigenvalue weighted by atomic mass is 9.96. The largest absolute Gasteiger partial charge is 0.261 e. The van der Waals surface area contributed by atoms with Crippen molar-refractivity contribution >= 4 is 28.2 Å². The van der Waals surface area contributed by atoms with E-state index in [2.05, 4.69) is 88.8 Å². The molecule has 2 heteroatoms. The number of rotatable bonds is 3. The summed E-state index contributed by atoms with van der Waals surface area (Å²) in [6.07, 6.45) is 1.81. The number of aromatic nitrogens is 1. The third-order valence-electron chi connectivity index (χ3n) is 3.72. The van der Waals surface area contributed by atoms with Gasteiger partial charge in [0.1, 0.15) is 0 Å². The van der Waals surface area contributed by atoms with E-state index < -0.39 is 0 Å². The van der Waals surface area contributed by atoms with Gasteiger partial charge in [0.25, 0.3) is 0 Å². The monoisotopic (exact) mass is 397 g/mol. The summed E-state index contributed by atoms with van der Waals surface area (Å²) in [6.45, 7) is 6.25. The van der Waals surface area contributed by atoms with Crippen LogP contribution in [0.2, 0.25) is 0 Å². The molecular weight excluding hydrogens is 381 g/mol. The number of benzene rings is 2. The van der Waals surface area contributed by atoms with Gasteiger partial charge in [-0.2, -0.15) is 0 Å². The molecule has 0 spiro atoms. The van der Waals surface area contributed by atoms with E-state index in [1.807, 2.05) is 19.2 Å². The van der Waals surface area contributed by atoms with Crippen molar-refractivity contribution in [1.29, 1.82) is 0 Å². The summed E-state index contributed by atoms with van der Waals surface area (Å²) in [6, 6.07) is 21.1. The van der Waals surface area contributed by atoms with Crippen molar-refractivity contribution in [3.05, 3.63) is 93.8 Å². The summed E-state index contributed by atoms with van der Waals surface area (Å²) in [4.78, 5) is 4.34. The van der Waals surface area contributed by atoms with Crippen molar-refractivity contribution in [3.63, 3.8) is 0 Å². The van der Waals surface area contributed by atoms with Gasteiger partial charge in [0.15, 0.2) is 0 Å². The van der Waals surface area contributed by atoms with Crippen LogP contribution in [-0.4, -0.2) is 4.98 Å². The zero-order valence-corrected chi connectivity index (χ0v) is 14.5. The maximum atomic E-state index is 4.34. The Kier molecular flexibility index (Phi) is 4.39. The van der Waals surface area contributed by atoms with Gasteiger partial charge in [0.05, 0.1) is 0 Å². The lowest BCUT2D eigenvalue weighted by Gasteiger charge is -2.10. The van der Waals surface area contributed by atoms with E-state index in [4.69, 9.17) is 0 Å². The molecule has 0 fully saturated rings. The van der Waals surface area contributed by atoms with Gasteiger partial charge >= 0.3 is 0 Å². The molecule has 0 amide bonds. The Morgan fingerprint density at radius 3 is 2.41 bits per heavy atom. The first-order valence-electron chi connectivity index (χ1n) is 7.12. The zero-order valence-electron chi connectivity index (χ0n) is 12.4. The fraction of sp³-hybridized carbons (Fsp3) is 0.0500. The Hall–Kier alpha value is -1.94. The molecule has 2 aromatic carbocycles. The molecule has 108 valence electrons. The molecule has 0 saturated heterocycles. The Morgan fingerprint density at radius 2 is 1.73 bits per heavy atom. The van der Waals surface area contributed by atoms with Crippen molar-refractivity contribution in [1.82, 2.24) is 4.98 Å². The predicted molar refractivity (Wildman–Crippen MR) is 102 cm³/mol. The molecule has 1 heterocycles. The zero-order chi connectivity index (χ0) is 15.5. The van der Waals surface area contributed by atoms with E-state index in [0.29, 0.717) is 0 Å². The molecule has 0 saturated carbocycles. The van der Waals surface area contributed by atoms with Gasteiger partial charge in [0.2, 0.25) is 0 Å². The maximum absolute atomic E-state index is 4.34. The molecule has 22 heavy (non-hydrogen) atoms. The second-order valence-electron chi connectivity index (χ2n) is 5.20. The minimum atomic E-state index is 1.01. The predicted octanol–water partition coefficient (Wildman–Crippen LogP) is 5.72. The second-order valence-corrected chi connectivity index (χ2v) is 6.45. The number of nitrogens with zero attached hydrogens (tertiary/aromatic N) is 1. The van der Waals surface area contributed by atoms with Gasteiger partial charge in [-0.25, -0.2) is 0 Å². The van der Waals surface area contributed by atoms with E-state index in [1.165, 1.54) is 14.7 Å². The van der Waals surface area contributed by atoms with Crippen LogP contribution >= 0.6 is 22.6 Å².